The van der Waals surface area contributed by atoms with Crippen molar-refractivity contribution in [1.29, 1.82) is 0 Å². The van der Waals surface area contributed by atoms with Gasteiger partial charge in [0.15, 0.2) is 0 Å². The van der Waals surface area contributed by atoms with Crippen LogP contribution in [0.3, 0.4) is 0 Å². The highest BCUT2D eigenvalue weighted by molar-refractivity contribution is 7.54. The first kappa shape index (κ1) is 17.3. The Morgan fingerprint density at radius 1 is 0.657 bits per heavy atom. The standard InChI is InChI=1S/C14H22O.C10H14O.C4H9Cl.Al.3ClH/c1-13(2,3)10-7-8-12(15)11(9-10)14(4,5)6;1-10(2,3)8-4-6-9(11)7-5-8;1-4(2,3)5;;;;/h7-9,15H,1-6H3;4-7,11H,1-3H3;1-3H3;;3*1H/q;;;+3;;;/p-3/i4D3,5D3;;1D3,2D3,3D3;;;;. The van der Waals surface area contributed by atoms with E-state index in [1.54, 1.807) is 18.2 Å². The van der Waals surface area contributed by atoms with Gasteiger partial charge in [0.25, 0.3) is 0 Å². The predicted molar refractivity (Wildman–Crippen MR) is 161 cm³/mol. The smallest absolute Gasteiger partial charge is 0.508 e. The zero-order chi connectivity index (χ0) is 40.9. The van der Waals surface area contributed by atoms with Crippen molar-refractivity contribution in [2.45, 2.75) is 104 Å². The molecule has 2 aromatic rings. The van der Waals surface area contributed by atoms with Crippen molar-refractivity contribution in [2.75, 3.05) is 0 Å². The molecule has 0 aliphatic rings. The number of hydrogen-bond acceptors (Lipinski definition) is 2. The molecule has 0 aliphatic heterocycles. The summed E-state index contributed by atoms with van der Waals surface area (Å²) in [5.74, 6) is 0.0238. The lowest BCUT2D eigenvalue weighted by Gasteiger charge is -2.25. The van der Waals surface area contributed by atoms with Gasteiger partial charge >= 0.3 is 11.4 Å². The van der Waals surface area contributed by atoms with E-state index < -0.39 is 55.9 Å². The number of hydrogen-bond donors (Lipinski definition) is 2. The van der Waals surface area contributed by atoms with Crippen LogP contribution in [0, 0.1) is 0 Å². The number of alkyl halides is 1. The SMILES string of the molecule is CC(C)(C)c1ccc(O)cc1.[2H]C([2H])([2H])C(C)(c1cc(C(C)(C)C)ccc1O)C([2H])([2H])[2H].[2H]C([2H])([2H])C(Cl)(C([2H])([2H])[2H])C([2H])([2H])[2H].[Cl][Al]([Cl])[Cl]. The number of rotatable bonds is 0. The summed E-state index contributed by atoms with van der Waals surface area (Å²) in [6.45, 7) is -1.98. The molecule has 0 radical (unpaired) electrons. The number of aromatic hydroxyl groups is 2. The number of phenols is 2. The van der Waals surface area contributed by atoms with Crippen molar-refractivity contribution in [3.05, 3.63) is 59.2 Å². The molecule has 0 bridgehead atoms. The summed E-state index contributed by atoms with van der Waals surface area (Å²) in [5.41, 5.74) is -0.286. The Labute approximate surface area is 258 Å². The van der Waals surface area contributed by atoms with Gasteiger partial charge in [-0.3, -0.25) is 0 Å². The van der Waals surface area contributed by atoms with Crippen molar-refractivity contribution in [3.63, 3.8) is 0 Å². The average Bonchev–Trinajstić information content (AvgIpc) is 2.84. The van der Waals surface area contributed by atoms with Gasteiger partial charge in [-0.15, -0.1) is 11.6 Å². The second-order valence-corrected chi connectivity index (χ2v) is 16.8. The lowest BCUT2D eigenvalue weighted by Crippen LogP contribution is -2.16. The van der Waals surface area contributed by atoms with Gasteiger partial charge in [-0.1, -0.05) is 86.4 Å². The minimum atomic E-state index is -3.29. The second kappa shape index (κ2) is 15.2. The Hall–Kier alpha value is -0.268. The van der Waals surface area contributed by atoms with Crippen molar-refractivity contribution in [1.82, 2.24) is 0 Å². The molecule has 0 atom stereocenters. The molecule has 0 saturated heterocycles. The number of halogens is 4. The van der Waals surface area contributed by atoms with Crippen molar-refractivity contribution < 1.29 is 30.8 Å². The summed E-state index contributed by atoms with van der Waals surface area (Å²) in [6.07, 6.45) is 0. The molecular weight excluding hydrogens is 537 g/mol. The Kier molecular flexibility index (Phi) is 7.54. The molecule has 0 fully saturated rings. The van der Waals surface area contributed by atoms with Gasteiger partial charge < -0.3 is 10.2 Å². The maximum absolute atomic E-state index is 10.1. The zero-order valence-electron chi connectivity index (χ0n) is 36.0. The molecule has 2 aromatic carbocycles. The predicted octanol–water partition coefficient (Wildman–Crippen LogP) is 10.4. The van der Waals surface area contributed by atoms with Crippen LogP contribution >= 0.6 is 41.7 Å². The maximum atomic E-state index is 10.1. The molecule has 2 rings (SSSR count). The molecule has 0 aliphatic carbocycles. The molecule has 200 valence electrons. The zero-order valence-corrected chi connectivity index (χ0v) is 25.2. The van der Waals surface area contributed by atoms with Gasteiger partial charge in [0.2, 0.25) is 0 Å². The number of phenolic OH excluding ortho intramolecular Hbond substituents is 2. The first-order valence-corrected chi connectivity index (χ1v) is 16.0. The van der Waals surface area contributed by atoms with Gasteiger partial charge in [-0.2, -0.15) is 0 Å². The fraction of sp³-hybridized carbons (Fsp3) is 0.571. The third kappa shape index (κ3) is 20.5. The van der Waals surface area contributed by atoms with Crippen LogP contribution in [-0.4, -0.2) is 26.5 Å². The van der Waals surface area contributed by atoms with Gasteiger partial charge in [0.1, 0.15) is 11.5 Å². The summed E-state index contributed by atoms with van der Waals surface area (Å²) in [4.78, 5) is -3.22. The summed E-state index contributed by atoms with van der Waals surface area (Å²) in [6, 6.07) is 11.9. The van der Waals surface area contributed by atoms with E-state index >= 15 is 0 Å². The van der Waals surface area contributed by atoms with E-state index in [1.165, 1.54) is 17.7 Å². The molecule has 7 heteroatoms. The van der Waals surface area contributed by atoms with Crippen LogP contribution in [0.2, 0.25) is 0 Å². The van der Waals surface area contributed by atoms with E-state index in [9.17, 15) is 5.11 Å². The van der Waals surface area contributed by atoms with Crippen LogP contribution in [-0.2, 0) is 16.2 Å². The van der Waals surface area contributed by atoms with Gasteiger partial charge in [-0.25, -0.2) is 30.1 Å². The topological polar surface area (TPSA) is 40.5 Å². The van der Waals surface area contributed by atoms with E-state index in [2.05, 4.69) is 20.8 Å². The molecule has 35 heavy (non-hydrogen) atoms. The Morgan fingerprint density at radius 3 is 1.37 bits per heavy atom. The number of benzene rings is 2. The van der Waals surface area contributed by atoms with E-state index in [0.29, 0.717) is 5.75 Å². The van der Waals surface area contributed by atoms with Crippen molar-refractivity contribution in [3.8, 4) is 11.5 Å². The summed E-state index contributed by atoms with van der Waals surface area (Å²) in [5, 5.41) is 19.1. The first-order chi connectivity index (χ1) is 21.6. The highest BCUT2D eigenvalue weighted by Gasteiger charge is 2.21. The fourth-order valence-corrected chi connectivity index (χ4v) is 2.36. The molecule has 2 nitrogen and oxygen atoms in total. The highest BCUT2D eigenvalue weighted by Crippen LogP contribution is 2.34. The van der Waals surface area contributed by atoms with Crippen LogP contribution in [0.25, 0.3) is 0 Å². The molecule has 0 unspecified atom stereocenters. The largest absolute Gasteiger partial charge is 0.643 e. The van der Waals surface area contributed by atoms with Crippen molar-refractivity contribution >= 4 is 53.1 Å². The Balaban J connectivity index is 0. The van der Waals surface area contributed by atoms with E-state index in [-0.39, 0.29) is 22.1 Å². The molecule has 0 aromatic heterocycles. The first-order valence-electron chi connectivity index (χ1n) is 17.9. The summed E-state index contributed by atoms with van der Waals surface area (Å²) < 4.78 is 108. The third-order valence-electron chi connectivity index (χ3n) is 4.13. The average molecular weight is 598 g/mol. The van der Waals surface area contributed by atoms with Crippen molar-refractivity contribution in [2.24, 2.45) is 0 Å². The van der Waals surface area contributed by atoms with Crippen LogP contribution in [0.1, 0.15) is 120 Å². The molecule has 0 spiro atoms. The second-order valence-electron chi connectivity index (χ2n) is 9.81. The van der Waals surface area contributed by atoms with Gasteiger partial charge in [-0.05, 0) is 71.7 Å². The highest BCUT2D eigenvalue weighted by atomic mass is 35.8. The molecule has 0 amide bonds. The lowest BCUT2D eigenvalue weighted by molar-refractivity contribution is 0.444. The minimum Gasteiger partial charge on any atom is -0.508 e. The monoisotopic (exact) mass is 595 g/mol. The van der Waals surface area contributed by atoms with E-state index in [1.807, 2.05) is 32.9 Å². The van der Waals surface area contributed by atoms with Gasteiger partial charge in [0.05, 0.1) is 0 Å². The quantitative estimate of drug-likeness (QED) is 0.234. The van der Waals surface area contributed by atoms with Gasteiger partial charge in [0, 0.05) is 25.4 Å². The molecular formula is C28H45AlCl4O2. The van der Waals surface area contributed by atoms with E-state index in [0.717, 1.165) is 12.5 Å². The Bertz CT molecular complexity index is 1290. The minimum absolute atomic E-state index is 0.0603. The lowest BCUT2D eigenvalue weighted by atomic mass is 9.80. The molecule has 2 N–H and O–H groups in total. The third-order valence-corrected chi connectivity index (χ3v) is 4.13. The maximum Gasteiger partial charge on any atom is 0.643 e. The summed E-state index contributed by atoms with van der Waals surface area (Å²) >= 11 is 3.56. The van der Waals surface area contributed by atoms with E-state index in [4.69, 9.17) is 67.4 Å². The van der Waals surface area contributed by atoms with Crippen LogP contribution < -0.4 is 0 Å². The summed E-state index contributed by atoms with van der Waals surface area (Å²) in [7, 11) is 14.8. The van der Waals surface area contributed by atoms with Crippen LogP contribution in [0.4, 0.5) is 0 Å². The van der Waals surface area contributed by atoms with Crippen LogP contribution in [0.15, 0.2) is 42.5 Å². The normalized spacial score (nSPS) is 19.8. The van der Waals surface area contributed by atoms with Crippen LogP contribution in [0.5, 0.6) is 11.5 Å². The Morgan fingerprint density at radius 2 is 1.06 bits per heavy atom. The molecule has 0 saturated carbocycles. The fourth-order valence-electron chi connectivity index (χ4n) is 2.36. The molecule has 0 heterocycles.